The second-order valence-electron chi connectivity index (χ2n) is 10.1. The Hall–Kier alpha value is -2.67. The minimum absolute atomic E-state index is 0.0505. The lowest BCUT2D eigenvalue weighted by atomic mass is 9.94. The lowest BCUT2D eigenvalue weighted by molar-refractivity contribution is -0.151. The van der Waals surface area contributed by atoms with Crippen molar-refractivity contribution in [3.63, 3.8) is 0 Å². The highest BCUT2D eigenvalue weighted by molar-refractivity contribution is 5.86. The van der Waals surface area contributed by atoms with E-state index in [-0.39, 0.29) is 49.4 Å². The molecule has 1 aromatic carbocycles. The van der Waals surface area contributed by atoms with E-state index in [0.717, 1.165) is 18.4 Å². The molecule has 2 amide bonds. The van der Waals surface area contributed by atoms with Crippen molar-refractivity contribution in [3.8, 4) is 0 Å². The van der Waals surface area contributed by atoms with Gasteiger partial charge in [-0.05, 0) is 57.9 Å². The summed E-state index contributed by atoms with van der Waals surface area (Å²) in [5, 5.41) is 12.5. The fourth-order valence-corrected chi connectivity index (χ4v) is 4.68. The van der Waals surface area contributed by atoms with Gasteiger partial charge in [0, 0.05) is 13.0 Å². The standard InChI is InChI=1S/C27H38N2O5/c1-27(2)19-34-26(33)22(16-20-10-5-3-6-11-20)13-8-4-7-12-21(25(32)28-27)17-24(31)29-15-9-14-23(29)18-30/h3-7,10-11,21-23,30H,8-9,12-19H2,1-2H3,(H,28,32)/t21-,22-,23+/m1/s1. The number of benzene rings is 1. The highest BCUT2D eigenvalue weighted by Gasteiger charge is 2.33. The quantitative estimate of drug-likeness (QED) is 0.510. The zero-order valence-electron chi connectivity index (χ0n) is 20.4. The van der Waals surface area contributed by atoms with E-state index >= 15 is 0 Å². The van der Waals surface area contributed by atoms with Crippen molar-refractivity contribution >= 4 is 17.8 Å². The number of carbonyl (C=O) groups excluding carboxylic acids is 3. The number of rotatable bonds is 5. The number of aliphatic hydroxyl groups is 1. The van der Waals surface area contributed by atoms with E-state index in [0.29, 0.717) is 32.2 Å². The Kier molecular flexibility index (Phi) is 9.28. The fourth-order valence-electron chi connectivity index (χ4n) is 4.68. The van der Waals surface area contributed by atoms with Gasteiger partial charge in [0.15, 0.2) is 0 Å². The summed E-state index contributed by atoms with van der Waals surface area (Å²) in [6, 6.07) is 9.75. The number of allylic oxidation sites excluding steroid dienone is 2. The molecule has 34 heavy (non-hydrogen) atoms. The molecule has 2 aliphatic heterocycles. The SMILES string of the molecule is CC1(C)COC(=O)[C@@H](Cc2ccccc2)CCC=CC[C@H](CC(=O)N2CCC[C@H]2CO)C(=O)N1. The average molecular weight is 471 g/mol. The number of carbonyl (C=O) groups is 3. The number of esters is 1. The monoisotopic (exact) mass is 470 g/mol. The topological polar surface area (TPSA) is 95.9 Å². The number of cyclic esters (lactones) is 1. The van der Waals surface area contributed by atoms with Crippen molar-refractivity contribution in [2.75, 3.05) is 19.8 Å². The third kappa shape index (κ3) is 7.42. The summed E-state index contributed by atoms with van der Waals surface area (Å²) in [4.78, 5) is 40.6. The summed E-state index contributed by atoms with van der Waals surface area (Å²) in [5.74, 6) is -1.35. The van der Waals surface area contributed by atoms with Crippen LogP contribution in [0.2, 0.25) is 0 Å². The highest BCUT2D eigenvalue weighted by Crippen LogP contribution is 2.23. The van der Waals surface area contributed by atoms with Crippen molar-refractivity contribution in [3.05, 3.63) is 48.0 Å². The summed E-state index contributed by atoms with van der Waals surface area (Å²) in [5.41, 5.74) is 0.330. The number of nitrogens with one attached hydrogen (secondary N) is 1. The van der Waals surface area contributed by atoms with E-state index in [2.05, 4.69) is 5.32 Å². The van der Waals surface area contributed by atoms with E-state index in [4.69, 9.17) is 4.74 Å². The predicted octanol–water partition coefficient (Wildman–Crippen LogP) is 3.01. The average Bonchev–Trinajstić information content (AvgIpc) is 3.30. The van der Waals surface area contributed by atoms with Gasteiger partial charge in [-0.1, -0.05) is 42.5 Å². The van der Waals surface area contributed by atoms with Crippen LogP contribution in [0.4, 0.5) is 0 Å². The molecule has 0 aliphatic carbocycles. The summed E-state index contributed by atoms with van der Waals surface area (Å²) in [7, 11) is 0. The largest absolute Gasteiger partial charge is 0.463 e. The summed E-state index contributed by atoms with van der Waals surface area (Å²) >= 11 is 0. The lowest BCUT2D eigenvalue weighted by Crippen LogP contribution is -2.50. The van der Waals surface area contributed by atoms with Gasteiger partial charge in [-0.2, -0.15) is 0 Å². The molecule has 0 unspecified atom stereocenters. The van der Waals surface area contributed by atoms with Crippen LogP contribution in [0.25, 0.3) is 0 Å². The van der Waals surface area contributed by atoms with Crippen LogP contribution in [-0.2, 0) is 25.5 Å². The number of hydrogen-bond acceptors (Lipinski definition) is 5. The molecule has 7 nitrogen and oxygen atoms in total. The van der Waals surface area contributed by atoms with Gasteiger partial charge in [0.2, 0.25) is 11.8 Å². The number of likely N-dealkylation sites (tertiary alicyclic amines) is 1. The number of aliphatic hydroxyl groups excluding tert-OH is 1. The molecule has 2 heterocycles. The Morgan fingerprint density at radius 3 is 2.65 bits per heavy atom. The van der Waals surface area contributed by atoms with Crippen molar-refractivity contribution in [2.45, 2.75) is 70.4 Å². The van der Waals surface area contributed by atoms with Gasteiger partial charge in [0.25, 0.3) is 0 Å². The molecule has 0 aromatic heterocycles. The van der Waals surface area contributed by atoms with E-state index in [1.807, 2.05) is 56.3 Å². The molecule has 7 heteroatoms. The van der Waals surface area contributed by atoms with Crippen LogP contribution in [0.15, 0.2) is 42.5 Å². The molecule has 186 valence electrons. The van der Waals surface area contributed by atoms with Crippen molar-refractivity contribution in [1.82, 2.24) is 10.2 Å². The molecule has 1 aromatic rings. The van der Waals surface area contributed by atoms with Crippen LogP contribution < -0.4 is 5.32 Å². The van der Waals surface area contributed by atoms with Crippen molar-refractivity contribution in [1.29, 1.82) is 0 Å². The molecule has 2 aliphatic rings. The Bertz CT molecular complexity index is 867. The van der Waals surface area contributed by atoms with E-state index < -0.39 is 11.5 Å². The van der Waals surface area contributed by atoms with Crippen LogP contribution in [0, 0.1) is 11.8 Å². The van der Waals surface area contributed by atoms with E-state index in [1.165, 1.54) is 0 Å². The maximum Gasteiger partial charge on any atom is 0.309 e. The smallest absolute Gasteiger partial charge is 0.309 e. The second kappa shape index (κ2) is 12.2. The molecule has 0 bridgehead atoms. The van der Waals surface area contributed by atoms with Gasteiger partial charge < -0.3 is 20.1 Å². The van der Waals surface area contributed by atoms with Crippen LogP contribution in [0.3, 0.4) is 0 Å². The molecule has 3 atom stereocenters. The molecule has 1 fully saturated rings. The summed E-state index contributed by atoms with van der Waals surface area (Å²) < 4.78 is 5.65. The van der Waals surface area contributed by atoms with Gasteiger partial charge in [0.05, 0.1) is 30.0 Å². The summed E-state index contributed by atoms with van der Waals surface area (Å²) in [6.45, 7) is 4.28. The van der Waals surface area contributed by atoms with E-state index in [9.17, 15) is 19.5 Å². The minimum atomic E-state index is -0.760. The molecule has 2 N–H and O–H groups in total. The van der Waals surface area contributed by atoms with Gasteiger partial charge in [-0.25, -0.2) is 0 Å². The molecular formula is C27H38N2O5. The Balaban J connectivity index is 1.70. The Labute approximate surface area is 202 Å². The zero-order valence-corrected chi connectivity index (χ0v) is 20.4. The first-order valence-electron chi connectivity index (χ1n) is 12.4. The Morgan fingerprint density at radius 2 is 1.91 bits per heavy atom. The molecule has 0 spiro atoms. The first-order valence-corrected chi connectivity index (χ1v) is 12.4. The third-order valence-corrected chi connectivity index (χ3v) is 6.66. The number of nitrogens with zero attached hydrogens (tertiary/aromatic N) is 1. The zero-order chi connectivity index (χ0) is 24.6. The maximum absolute atomic E-state index is 13.1. The molecule has 3 rings (SSSR count). The first kappa shape index (κ1) is 25.9. The molecule has 0 saturated carbocycles. The predicted molar refractivity (Wildman–Crippen MR) is 130 cm³/mol. The van der Waals surface area contributed by atoms with Crippen LogP contribution in [0.5, 0.6) is 0 Å². The third-order valence-electron chi connectivity index (χ3n) is 6.66. The van der Waals surface area contributed by atoms with Crippen molar-refractivity contribution < 1.29 is 24.2 Å². The normalized spacial score (nSPS) is 26.1. The first-order chi connectivity index (χ1) is 16.3. The van der Waals surface area contributed by atoms with Crippen LogP contribution in [-0.4, -0.2) is 59.1 Å². The number of amides is 2. The second-order valence-corrected chi connectivity index (χ2v) is 10.1. The molecular weight excluding hydrogens is 432 g/mol. The maximum atomic E-state index is 13.1. The number of hydrogen-bond donors (Lipinski definition) is 2. The van der Waals surface area contributed by atoms with E-state index in [1.54, 1.807) is 4.90 Å². The lowest BCUT2D eigenvalue weighted by Gasteiger charge is -2.30. The van der Waals surface area contributed by atoms with Crippen LogP contribution in [0.1, 0.15) is 57.9 Å². The van der Waals surface area contributed by atoms with Gasteiger partial charge in [-0.15, -0.1) is 0 Å². The Morgan fingerprint density at radius 1 is 1.15 bits per heavy atom. The fraction of sp³-hybridized carbons (Fsp3) is 0.593. The van der Waals surface area contributed by atoms with Crippen LogP contribution >= 0.6 is 0 Å². The summed E-state index contributed by atoms with van der Waals surface area (Å²) in [6.07, 6.45) is 8.10. The van der Waals surface area contributed by atoms with Crippen molar-refractivity contribution in [2.24, 2.45) is 11.8 Å². The number of ether oxygens (including phenoxy) is 1. The minimum Gasteiger partial charge on any atom is -0.463 e. The molecule has 1 saturated heterocycles. The van der Waals surface area contributed by atoms with Gasteiger partial charge in [-0.3, -0.25) is 14.4 Å². The molecule has 0 radical (unpaired) electrons. The highest BCUT2D eigenvalue weighted by atomic mass is 16.5. The van der Waals surface area contributed by atoms with Gasteiger partial charge >= 0.3 is 5.97 Å². The van der Waals surface area contributed by atoms with Gasteiger partial charge in [0.1, 0.15) is 6.61 Å².